The first kappa shape index (κ1) is 15.3. The second kappa shape index (κ2) is 6.11. The van der Waals surface area contributed by atoms with Crippen LogP contribution in [0.5, 0.6) is 0 Å². The second-order valence-corrected chi connectivity index (χ2v) is 5.88. The summed E-state index contributed by atoms with van der Waals surface area (Å²) in [6.07, 6.45) is 2.23. The average molecular weight is 291 g/mol. The predicted molar refractivity (Wildman–Crippen MR) is 79.4 cm³/mol. The largest absolute Gasteiger partial charge is 0.481 e. The number of piperidine rings is 1. The summed E-state index contributed by atoms with van der Waals surface area (Å²) in [6, 6.07) is 3.40. The molecule has 6 nitrogen and oxygen atoms in total. The molecular weight excluding hydrogens is 270 g/mol. The molecule has 1 aromatic rings. The van der Waals surface area contributed by atoms with E-state index in [4.69, 9.17) is 0 Å². The Balaban J connectivity index is 2.19. The highest BCUT2D eigenvalue weighted by Gasteiger charge is 2.32. The molecule has 0 aliphatic carbocycles. The van der Waals surface area contributed by atoms with Crippen molar-refractivity contribution >= 4 is 17.7 Å². The summed E-state index contributed by atoms with van der Waals surface area (Å²) in [5.41, 5.74) is 0.548. The lowest BCUT2D eigenvalue weighted by Crippen LogP contribution is -2.45. The molecule has 1 saturated heterocycles. The van der Waals surface area contributed by atoms with Crippen LogP contribution < -0.4 is 4.90 Å². The Morgan fingerprint density at radius 2 is 2.10 bits per heavy atom. The maximum atomic E-state index is 12.6. The normalized spacial score (nSPS) is 22.0. The fourth-order valence-corrected chi connectivity index (χ4v) is 2.67. The maximum absolute atomic E-state index is 12.6. The van der Waals surface area contributed by atoms with E-state index in [9.17, 15) is 14.7 Å². The highest BCUT2D eigenvalue weighted by Crippen LogP contribution is 2.23. The number of anilines is 1. The van der Waals surface area contributed by atoms with Crippen LogP contribution in [-0.4, -0.2) is 54.1 Å². The molecule has 1 aliphatic rings. The van der Waals surface area contributed by atoms with E-state index in [2.05, 4.69) is 4.98 Å². The molecule has 2 heterocycles. The number of hydrogen-bond acceptors (Lipinski definition) is 4. The number of aliphatic carboxylic acids is 1. The van der Waals surface area contributed by atoms with Crippen molar-refractivity contribution in [2.24, 2.45) is 11.8 Å². The van der Waals surface area contributed by atoms with Crippen molar-refractivity contribution in [1.82, 2.24) is 9.88 Å². The van der Waals surface area contributed by atoms with Crippen molar-refractivity contribution < 1.29 is 14.7 Å². The van der Waals surface area contributed by atoms with Gasteiger partial charge in [-0.1, -0.05) is 6.92 Å². The van der Waals surface area contributed by atoms with Crippen LogP contribution in [0.3, 0.4) is 0 Å². The first-order valence-electron chi connectivity index (χ1n) is 7.04. The predicted octanol–water partition coefficient (Wildman–Crippen LogP) is 1.33. The Morgan fingerprint density at radius 3 is 2.71 bits per heavy atom. The van der Waals surface area contributed by atoms with Gasteiger partial charge in [0.1, 0.15) is 5.82 Å². The third-order valence-electron chi connectivity index (χ3n) is 3.75. The Morgan fingerprint density at radius 1 is 1.38 bits per heavy atom. The Kier molecular flexibility index (Phi) is 4.45. The Labute approximate surface area is 124 Å². The highest BCUT2D eigenvalue weighted by molar-refractivity contribution is 5.95. The van der Waals surface area contributed by atoms with E-state index in [1.54, 1.807) is 23.2 Å². The molecule has 114 valence electrons. The molecule has 1 aliphatic heterocycles. The number of rotatable bonds is 3. The van der Waals surface area contributed by atoms with Gasteiger partial charge >= 0.3 is 5.97 Å². The number of nitrogens with zero attached hydrogens (tertiary/aromatic N) is 3. The van der Waals surface area contributed by atoms with E-state index in [1.165, 1.54) is 0 Å². The zero-order chi connectivity index (χ0) is 15.6. The first-order valence-corrected chi connectivity index (χ1v) is 7.04. The molecule has 1 N–H and O–H groups in total. The van der Waals surface area contributed by atoms with Gasteiger partial charge in [0.05, 0.1) is 5.92 Å². The molecule has 6 heteroatoms. The summed E-state index contributed by atoms with van der Waals surface area (Å²) in [4.78, 5) is 31.4. The van der Waals surface area contributed by atoms with Gasteiger partial charge in [-0.25, -0.2) is 4.98 Å². The van der Waals surface area contributed by atoms with Crippen LogP contribution >= 0.6 is 0 Å². The lowest BCUT2D eigenvalue weighted by Gasteiger charge is -2.34. The lowest BCUT2D eigenvalue weighted by atomic mass is 9.90. The van der Waals surface area contributed by atoms with E-state index in [1.807, 2.05) is 25.9 Å². The number of pyridine rings is 1. The maximum Gasteiger partial charge on any atom is 0.308 e. The summed E-state index contributed by atoms with van der Waals surface area (Å²) in [5, 5.41) is 9.19. The second-order valence-electron chi connectivity index (χ2n) is 5.88. The molecule has 21 heavy (non-hydrogen) atoms. The third kappa shape index (κ3) is 3.51. The fraction of sp³-hybridized carbons (Fsp3) is 0.533. The van der Waals surface area contributed by atoms with Crippen LogP contribution in [0.4, 0.5) is 5.82 Å². The van der Waals surface area contributed by atoms with Gasteiger partial charge in [0.25, 0.3) is 5.91 Å². The van der Waals surface area contributed by atoms with Gasteiger partial charge in [-0.05, 0) is 24.5 Å². The lowest BCUT2D eigenvalue weighted by molar-refractivity contribution is -0.143. The summed E-state index contributed by atoms with van der Waals surface area (Å²) in [6.45, 7) is 2.85. The van der Waals surface area contributed by atoms with Crippen molar-refractivity contribution in [2.75, 3.05) is 32.1 Å². The number of carboxylic acids is 1. The van der Waals surface area contributed by atoms with Crippen LogP contribution in [0.25, 0.3) is 0 Å². The van der Waals surface area contributed by atoms with Crippen LogP contribution in [0.1, 0.15) is 23.7 Å². The molecule has 2 unspecified atom stereocenters. The standard InChI is InChI=1S/C15H21N3O3/c1-10-6-12(15(20)21)9-18(8-10)14(19)11-4-5-16-13(7-11)17(2)3/h4-5,7,10,12H,6,8-9H2,1-3H3,(H,20,21). The van der Waals surface area contributed by atoms with Crippen molar-refractivity contribution in [3.63, 3.8) is 0 Å². The molecule has 1 aromatic heterocycles. The molecule has 0 bridgehead atoms. The fourth-order valence-electron chi connectivity index (χ4n) is 2.67. The number of carbonyl (C=O) groups is 2. The molecule has 1 amide bonds. The number of amides is 1. The minimum absolute atomic E-state index is 0.127. The minimum atomic E-state index is -0.831. The minimum Gasteiger partial charge on any atom is -0.481 e. The SMILES string of the molecule is CC1CC(C(=O)O)CN(C(=O)c2ccnc(N(C)C)c2)C1. The first-order chi connectivity index (χ1) is 9.88. The molecule has 0 saturated carbocycles. The summed E-state index contributed by atoms with van der Waals surface area (Å²) < 4.78 is 0. The quantitative estimate of drug-likeness (QED) is 0.909. The van der Waals surface area contributed by atoms with Gasteiger partial charge in [-0.3, -0.25) is 9.59 Å². The smallest absolute Gasteiger partial charge is 0.308 e. The number of hydrogen-bond donors (Lipinski definition) is 1. The average Bonchev–Trinajstić information content (AvgIpc) is 2.45. The molecular formula is C15H21N3O3. The van der Waals surface area contributed by atoms with Gasteiger partial charge in [0, 0.05) is 38.9 Å². The van der Waals surface area contributed by atoms with Gasteiger partial charge in [-0.2, -0.15) is 0 Å². The van der Waals surface area contributed by atoms with Crippen molar-refractivity contribution in [2.45, 2.75) is 13.3 Å². The molecule has 2 atom stereocenters. The Bertz CT molecular complexity index is 545. The Hall–Kier alpha value is -2.11. The van der Waals surface area contributed by atoms with Crippen molar-refractivity contribution in [1.29, 1.82) is 0 Å². The molecule has 0 radical (unpaired) electrons. The van der Waals surface area contributed by atoms with Gasteiger partial charge in [0.15, 0.2) is 0 Å². The van der Waals surface area contributed by atoms with E-state index < -0.39 is 11.9 Å². The van der Waals surface area contributed by atoms with E-state index in [-0.39, 0.29) is 18.4 Å². The molecule has 0 aromatic carbocycles. The van der Waals surface area contributed by atoms with E-state index >= 15 is 0 Å². The topological polar surface area (TPSA) is 73.7 Å². The van der Waals surface area contributed by atoms with Crippen molar-refractivity contribution in [3.05, 3.63) is 23.9 Å². The highest BCUT2D eigenvalue weighted by atomic mass is 16.4. The van der Waals surface area contributed by atoms with Crippen LogP contribution in [0.2, 0.25) is 0 Å². The van der Waals surface area contributed by atoms with Gasteiger partial charge < -0.3 is 14.9 Å². The summed E-state index contributed by atoms with van der Waals surface area (Å²) >= 11 is 0. The number of carbonyl (C=O) groups excluding carboxylic acids is 1. The monoisotopic (exact) mass is 291 g/mol. The molecule has 0 spiro atoms. The van der Waals surface area contributed by atoms with Crippen LogP contribution in [0, 0.1) is 11.8 Å². The van der Waals surface area contributed by atoms with Gasteiger partial charge in [-0.15, -0.1) is 0 Å². The van der Waals surface area contributed by atoms with E-state index in [0.717, 1.165) is 0 Å². The van der Waals surface area contributed by atoms with Gasteiger partial charge in [0.2, 0.25) is 0 Å². The zero-order valence-corrected chi connectivity index (χ0v) is 12.6. The summed E-state index contributed by atoms with van der Waals surface area (Å²) in [5.74, 6) is -0.533. The zero-order valence-electron chi connectivity index (χ0n) is 12.6. The van der Waals surface area contributed by atoms with Crippen LogP contribution in [-0.2, 0) is 4.79 Å². The molecule has 2 rings (SSSR count). The third-order valence-corrected chi connectivity index (χ3v) is 3.75. The van der Waals surface area contributed by atoms with Crippen LogP contribution in [0.15, 0.2) is 18.3 Å². The van der Waals surface area contributed by atoms with E-state index in [0.29, 0.717) is 24.3 Å². The summed E-state index contributed by atoms with van der Waals surface area (Å²) in [7, 11) is 3.72. The number of carboxylic acid groups (broad SMARTS) is 1. The van der Waals surface area contributed by atoms with Crippen molar-refractivity contribution in [3.8, 4) is 0 Å². The number of likely N-dealkylation sites (tertiary alicyclic amines) is 1. The molecule has 1 fully saturated rings. The number of aromatic nitrogens is 1.